The standard InChI is InChI=1S/C23H22N2O4/c1-27-21-12-17(13-22(14-21)28-2)15-24-25-23(26)16-29-20-10-8-19(9-11-20)18-6-4-3-5-7-18/h3-15H,16H2,1-2H3,(H,25,26)/b24-15-. The molecule has 3 aromatic rings. The molecule has 148 valence electrons. The zero-order chi connectivity index (χ0) is 20.5. The van der Waals surface area contributed by atoms with E-state index in [0.29, 0.717) is 17.2 Å². The molecular weight excluding hydrogens is 368 g/mol. The van der Waals surface area contributed by atoms with E-state index in [2.05, 4.69) is 10.5 Å². The molecule has 1 N–H and O–H groups in total. The predicted molar refractivity (Wildman–Crippen MR) is 113 cm³/mol. The van der Waals surface area contributed by atoms with Gasteiger partial charge in [-0.3, -0.25) is 4.79 Å². The van der Waals surface area contributed by atoms with E-state index in [9.17, 15) is 4.79 Å². The number of rotatable bonds is 8. The summed E-state index contributed by atoms with van der Waals surface area (Å²) in [4.78, 5) is 11.9. The predicted octanol–water partition coefficient (Wildman–Crippen LogP) is 3.90. The van der Waals surface area contributed by atoms with Crippen LogP contribution in [0.1, 0.15) is 5.56 Å². The third kappa shape index (κ3) is 5.84. The highest BCUT2D eigenvalue weighted by Crippen LogP contribution is 2.22. The SMILES string of the molecule is COc1cc(/C=N\NC(=O)COc2ccc(-c3ccccc3)cc2)cc(OC)c1. The second-order valence-electron chi connectivity index (χ2n) is 6.12. The van der Waals surface area contributed by atoms with Crippen LogP contribution >= 0.6 is 0 Å². The first-order valence-corrected chi connectivity index (χ1v) is 9.01. The number of hydrogen-bond acceptors (Lipinski definition) is 5. The summed E-state index contributed by atoms with van der Waals surface area (Å²) in [6, 6.07) is 22.9. The third-order valence-electron chi connectivity index (χ3n) is 4.11. The number of nitrogens with zero attached hydrogens (tertiary/aromatic N) is 1. The van der Waals surface area contributed by atoms with Gasteiger partial charge in [-0.1, -0.05) is 42.5 Å². The molecule has 0 aliphatic carbocycles. The van der Waals surface area contributed by atoms with Crippen molar-refractivity contribution < 1.29 is 19.0 Å². The zero-order valence-electron chi connectivity index (χ0n) is 16.3. The van der Waals surface area contributed by atoms with Crippen LogP contribution in [0.3, 0.4) is 0 Å². The van der Waals surface area contributed by atoms with Crippen molar-refractivity contribution >= 4 is 12.1 Å². The number of ether oxygens (including phenoxy) is 3. The van der Waals surface area contributed by atoms with Crippen molar-refractivity contribution in [3.8, 4) is 28.4 Å². The summed E-state index contributed by atoms with van der Waals surface area (Å²) in [5.74, 6) is 1.53. The Morgan fingerprint density at radius 1 is 0.862 bits per heavy atom. The van der Waals surface area contributed by atoms with Gasteiger partial charge in [-0.05, 0) is 35.4 Å². The lowest BCUT2D eigenvalue weighted by atomic mass is 10.1. The van der Waals surface area contributed by atoms with Crippen molar-refractivity contribution in [3.05, 3.63) is 78.4 Å². The van der Waals surface area contributed by atoms with Crippen LogP contribution in [0.25, 0.3) is 11.1 Å². The van der Waals surface area contributed by atoms with Gasteiger partial charge in [0.15, 0.2) is 6.61 Å². The fraction of sp³-hybridized carbons (Fsp3) is 0.130. The number of hydrogen-bond donors (Lipinski definition) is 1. The molecule has 0 saturated heterocycles. The minimum absolute atomic E-state index is 0.135. The van der Waals surface area contributed by atoms with Gasteiger partial charge in [-0.15, -0.1) is 0 Å². The minimum atomic E-state index is -0.358. The first-order chi connectivity index (χ1) is 14.2. The van der Waals surface area contributed by atoms with E-state index >= 15 is 0 Å². The smallest absolute Gasteiger partial charge is 0.277 e. The van der Waals surface area contributed by atoms with Gasteiger partial charge in [0.2, 0.25) is 0 Å². The largest absolute Gasteiger partial charge is 0.497 e. The summed E-state index contributed by atoms with van der Waals surface area (Å²) in [7, 11) is 3.14. The van der Waals surface area contributed by atoms with Crippen LogP contribution in [0.5, 0.6) is 17.2 Å². The number of amides is 1. The van der Waals surface area contributed by atoms with Crippen LogP contribution in [0, 0.1) is 0 Å². The summed E-state index contributed by atoms with van der Waals surface area (Å²) in [6.07, 6.45) is 1.51. The van der Waals surface area contributed by atoms with Crippen molar-refractivity contribution in [2.75, 3.05) is 20.8 Å². The number of benzene rings is 3. The quantitative estimate of drug-likeness (QED) is 0.468. The Morgan fingerprint density at radius 3 is 2.10 bits per heavy atom. The average molecular weight is 390 g/mol. The van der Waals surface area contributed by atoms with E-state index in [0.717, 1.165) is 16.7 Å². The van der Waals surface area contributed by atoms with Gasteiger partial charge in [-0.25, -0.2) is 5.43 Å². The number of methoxy groups -OCH3 is 2. The molecule has 0 saturated carbocycles. The average Bonchev–Trinajstić information content (AvgIpc) is 2.78. The molecule has 6 nitrogen and oxygen atoms in total. The highest BCUT2D eigenvalue weighted by molar-refractivity contribution is 5.83. The van der Waals surface area contributed by atoms with E-state index in [1.165, 1.54) is 6.21 Å². The van der Waals surface area contributed by atoms with Crippen LogP contribution < -0.4 is 19.6 Å². The lowest BCUT2D eigenvalue weighted by Crippen LogP contribution is -2.24. The first-order valence-electron chi connectivity index (χ1n) is 9.01. The summed E-state index contributed by atoms with van der Waals surface area (Å²) in [5, 5.41) is 3.94. The number of carbonyl (C=O) groups is 1. The molecule has 0 unspecified atom stereocenters. The van der Waals surface area contributed by atoms with Gasteiger partial charge < -0.3 is 14.2 Å². The van der Waals surface area contributed by atoms with Crippen LogP contribution in [0.2, 0.25) is 0 Å². The molecule has 1 amide bonds. The van der Waals surface area contributed by atoms with Gasteiger partial charge in [0.25, 0.3) is 5.91 Å². The van der Waals surface area contributed by atoms with Gasteiger partial charge >= 0.3 is 0 Å². The van der Waals surface area contributed by atoms with Crippen LogP contribution in [-0.2, 0) is 4.79 Å². The van der Waals surface area contributed by atoms with Gasteiger partial charge in [0.05, 0.1) is 20.4 Å². The Kier molecular flexibility index (Phi) is 6.84. The van der Waals surface area contributed by atoms with Crippen LogP contribution in [-0.4, -0.2) is 32.9 Å². The van der Waals surface area contributed by atoms with E-state index in [1.807, 2.05) is 54.6 Å². The van der Waals surface area contributed by atoms with E-state index < -0.39 is 0 Å². The van der Waals surface area contributed by atoms with Crippen molar-refractivity contribution in [1.82, 2.24) is 5.43 Å². The second-order valence-corrected chi connectivity index (χ2v) is 6.12. The number of hydrazone groups is 1. The lowest BCUT2D eigenvalue weighted by Gasteiger charge is -2.07. The van der Waals surface area contributed by atoms with E-state index in [4.69, 9.17) is 14.2 Å². The summed E-state index contributed by atoms with van der Waals surface area (Å²) in [5.41, 5.74) is 5.38. The van der Waals surface area contributed by atoms with Crippen molar-refractivity contribution in [3.63, 3.8) is 0 Å². The molecule has 0 aliphatic heterocycles. The highest BCUT2D eigenvalue weighted by atomic mass is 16.5. The molecule has 0 atom stereocenters. The molecule has 0 heterocycles. The molecule has 6 heteroatoms. The maximum atomic E-state index is 11.9. The molecule has 3 rings (SSSR count). The fourth-order valence-electron chi connectivity index (χ4n) is 2.64. The van der Waals surface area contributed by atoms with Crippen molar-refractivity contribution in [1.29, 1.82) is 0 Å². The highest BCUT2D eigenvalue weighted by Gasteiger charge is 2.03. The summed E-state index contributed by atoms with van der Waals surface area (Å²) >= 11 is 0. The van der Waals surface area contributed by atoms with Crippen molar-refractivity contribution in [2.45, 2.75) is 0 Å². The number of nitrogens with one attached hydrogen (secondary N) is 1. The minimum Gasteiger partial charge on any atom is -0.497 e. The second kappa shape index (κ2) is 9.94. The first kappa shape index (κ1) is 19.9. The van der Waals surface area contributed by atoms with Gasteiger partial charge in [0, 0.05) is 11.6 Å². The van der Waals surface area contributed by atoms with Crippen LogP contribution in [0.15, 0.2) is 77.9 Å². The maximum Gasteiger partial charge on any atom is 0.277 e. The molecule has 3 aromatic carbocycles. The monoisotopic (exact) mass is 390 g/mol. The molecule has 0 aromatic heterocycles. The normalized spacial score (nSPS) is 10.6. The Labute approximate surface area is 169 Å². The third-order valence-corrected chi connectivity index (χ3v) is 4.11. The maximum absolute atomic E-state index is 11.9. The van der Waals surface area contributed by atoms with E-state index in [-0.39, 0.29) is 12.5 Å². The van der Waals surface area contributed by atoms with E-state index in [1.54, 1.807) is 32.4 Å². The molecule has 0 radical (unpaired) electrons. The Balaban J connectivity index is 1.50. The Bertz CT molecular complexity index is 948. The van der Waals surface area contributed by atoms with Gasteiger partial charge in [0.1, 0.15) is 17.2 Å². The fourth-order valence-corrected chi connectivity index (χ4v) is 2.64. The Morgan fingerprint density at radius 2 is 1.48 bits per heavy atom. The molecule has 0 bridgehead atoms. The molecule has 0 spiro atoms. The zero-order valence-corrected chi connectivity index (χ0v) is 16.3. The molecule has 29 heavy (non-hydrogen) atoms. The molecule has 0 fully saturated rings. The topological polar surface area (TPSA) is 69.2 Å². The van der Waals surface area contributed by atoms with Crippen molar-refractivity contribution in [2.24, 2.45) is 5.10 Å². The van der Waals surface area contributed by atoms with Gasteiger partial charge in [-0.2, -0.15) is 5.10 Å². The summed E-state index contributed by atoms with van der Waals surface area (Å²) < 4.78 is 15.9. The summed E-state index contributed by atoms with van der Waals surface area (Å²) in [6.45, 7) is -0.135. The lowest BCUT2D eigenvalue weighted by molar-refractivity contribution is -0.123. The number of carbonyl (C=O) groups excluding carboxylic acids is 1. The van der Waals surface area contributed by atoms with Crippen LogP contribution in [0.4, 0.5) is 0 Å². The Hall–Kier alpha value is -3.80. The molecule has 0 aliphatic rings. The molecular formula is C23H22N2O4.